The molecule has 0 aromatic carbocycles. The quantitative estimate of drug-likeness (QED) is 0.745. The zero-order valence-electron chi connectivity index (χ0n) is 17.4. The normalized spacial score (nSPS) is 29.2. The van der Waals surface area contributed by atoms with Crippen LogP contribution in [-0.2, 0) is 0 Å². The summed E-state index contributed by atoms with van der Waals surface area (Å²) < 4.78 is 1.69. The first kappa shape index (κ1) is 21.0. The van der Waals surface area contributed by atoms with E-state index in [-0.39, 0.29) is 17.0 Å². The maximum absolute atomic E-state index is 13.3. The van der Waals surface area contributed by atoms with E-state index in [2.05, 4.69) is 11.8 Å². The number of anilines is 1. The van der Waals surface area contributed by atoms with Crippen LogP contribution in [0.2, 0.25) is 0 Å². The Kier molecular flexibility index (Phi) is 5.60. The highest BCUT2D eigenvalue weighted by Crippen LogP contribution is 2.48. The van der Waals surface area contributed by atoms with Gasteiger partial charge < -0.3 is 10.6 Å². The second kappa shape index (κ2) is 7.75. The molecule has 158 valence electrons. The summed E-state index contributed by atoms with van der Waals surface area (Å²) in [5.74, 6) is 2.18. The third-order valence-electron chi connectivity index (χ3n) is 7.20. The SMILES string of the molecule is Cc1c(N2CCC3(CC2)C[C@H](C)C[C@H]3N)nc(C)n(C2CC=CC(Cl)=C2Cl)c1=O. The lowest BCUT2D eigenvalue weighted by Crippen LogP contribution is -2.47. The molecule has 1 saturated heterocycles. The molecule has 0 bridgehead atoms. The number of nitrogens with zero attached hydrogens (tertiary/aromatic N) is 3. The highest BCUT2D eigenvalue weighted by atomic mass is 35.5. The summed E-state index contributed by atoms with van der Waals surface area (Å²) in [6.07, 6.45) is 8.85. The molecule has 4 rings (SSSR count). The average Bonchev–Trinajstić information content (AvgIpc) is 2.95. The number of allylic oxidation sites excluding steroid dienone is 4. The molecule has 3 aliphatic rings. The molecule has 1 aliphatic heterocycles. The third-order valence-corrected chi connectivity index (χ3v) is 8.09. The maximum atomic E-state index is 13.3. The number of rotatable bonds is 2. The van der Waals surface area contributed by atoms with Crippen molar-refractivity contribution in [2.45, 2.75) is 65.0 Å². The van der Waals surface area contributed by atoms with Crippen molar-refractivity contribution in [2.75, 3.05) is 18.0 Å². The summed E-state index contributed by atoms with van der Waals surface area (Å²) in [7, 11) is 0. The molecule has 5 nitrogen and oxygen atoms in total. The third kappa shape index (κ3) is 3.55. The van der Waals surface area contributed by atoms with Crippen LogP contribution in [0.4, 0.5) is 5.82 Å². The molecule has 2 fully saturated rings. The Morgan fingerprint density at radius 2 is 1.93 bits per heavy atom. The number of nitrogens with two attached hydrogens (primary N) is 1. The van der Waals surface area contributed by atoms with Crippen LogP contribution < -0.4 is 16.2 Å². The molecule has 7 heteroatoms. The summed E-state index contributed by atoms with van der Waals surface area (Å²) >= 11 is 12.6. The first-order valence-corrected chi connectivity index (χ1v) is 11.3. The largest absolute Gasteiger partial charge is 0.356 e. The Morgan fingerprint density at radius 1 is 1.24 bits per heavy atom. The van der Waals surface area contributed by atoms with Gasteiger partial charge in [0.2, 0.25) is 0 Å². The lowest BCUT2D eigenvalue weighted by molar-refractivity contribution is 0.192. The van der Waals surface area contributed by atoms with E-state index in [1.807, 2.05) is 19.9 Å². The Hall–Kier alpha value is -1.30. The lowest BCUT2D eigenvalue weighted by Gasteiger charge is -2.43. The minimum atomic E-state index is -0.287. The first-order chi connectivity index (χ1) is 13.7. The zero-order valence-corrected chi connectivity index (χ0v) is 18.9. The van der Waals surface area contributed by atoms with Gasteiger partial charge in [-0.1, -0.05) is 36.2 Å². The van der Waals surface area contributed by atoms with Gasteiger partial charge in [0.15, 0.2) is 0 Å². The minimum Gasteiger partial charge on any atom is -0.356 e. The van der Waals surface area contributed by atoms with Crippen LogP contribution in [0, 0.1) is 25.2 Å². The van der Waals surface area contributed by atoms with Crippen molar-refractivity contribution in [3.05, 3.63) is 44.0 Å². The van der Waals surface area contributed by atoms with Crippen molar-refractivity contribution in [1.82, 2.24) is 9.55 Å². The Bertz CT molecular complexity index is 927. The molecule has 1 spiro atoms. The average molecular weight is 437 g/mol. The molecule has 1 saturated carbocycles. The Labute approximate surface area is 182 Å². The fraction of sp³-hybridized carbons (Fsp3) is 0.636. The van der Waals surface area contributed by atoms with Gasteiger partial charge in [0, 0.05) is 19.1 Å². The first-order valence-electron chi connectivity index (χ1n) is 10.6. The molecule has 1 aromatic heterocycles. The summed E-state index contributed by atoms with van der Waals surface area (Å²) in [4.78, 5) is 20.4. The molecular formula is C22H30Cl2N4O. The van der Waals surface area contributed by atoms with Crippen LogP contribution >= 0.6 is 23.2 Å². The molecule has 2 N–H and O–H groups in total. The molecule has 1 unspecified atom stereocenters. The van der Waals surface area contributed by atoms with Gasteiger partial charge in [-0.3, -0.25) is 9.36 Å². The van der Waals surface area contributed by atoms with E-state index < -0.39 is 0 Å². The van der Waals surface area contributed by atoms with Crippen molar-refractivity contribution >= 4 is 29.0 Å². The molecular weight excluding hydrogens is 407 g/mol. The lowest BCUT2D eigenvalue weighted by atomic mass is 9.74. The van der Waals surface area contributed by atoms with E-state index in [0.717, 1.165) is 38.2 Å². The fourth-order valence-electron chi connectivity index (χ4n) is 5.60. The van der Waals surface area contributed by atoms with Gasteiger partial charge in [-0.15, -0.1) is 0 Å². The zero-order chi connectivity index (χ0) is 20.9. The second-order valence-corrected chi connectivity index (χ2v) is 9.95. The fourth-order valence-corrected chi connectivity index (χ4v) is 6.07. The predicted molar refractivity (Wildman–Crippen MR) is 120 cm³/mol. The van der Waals surface area contributed by atoms with Crippen molar-refractivity contribution in [3.63, 3.8) is 0 Å². The van der Waals surface area contributed by atoms with Gasteiger partial charge in [-0.2, -0.15) is 0 Å². The van der Waals surface area contributed by atoms with Crippen molar-refractivity contribution in [2.24, 2.45) is 17.1 Å². The summed E-state index contributed by atoms with van der Waals surface area (Å²) in [6, 6.07) is 0.00555. The molecule has 0 radical (unpaired) electrons. The van der Waals surface area contributed by atoms with E-state index in [9.17, 15) is 4.79 Å². The van der Waals surface area contributed by atoms with E-state index in [1.54, 1.807) is 10.6 Å². The highest BCUT2D eigenvalue weighted by molar-refractivity contribution is 6.40. The Balaban J connectivity index is 1.61. The van der Waals surface area contributed by atoms with Crippen molar-refractivity contribution in [3.8, 4) is 0 Å². The van der Waals surface area contributed by atoms with E-state index in [0.29, 0.717) is 39.8 Å². The number of hydrogen-bond acceptors (Lipinski definition) is 4. The van der Waals surface area contributed by atoms with Crippen LogP contribution in [0.5, 0.6) is 0 Å². The Morgan fingerprint density at radius 3 is 2.55 bits per heavy atom. The molecule has 29 heavy (non-hydrogen) atoms. The van der Waals surface area contributed by atoms with Gasteiger partial charge >= 0.3 is 0 Å². The topological polar surface area (TPSA) is 64.2 Å². The minimum absolute atomic E-state index is 0.0399. The molecule has 1 aromatic rings. The van der Waals surface area contributed by atoms with E-state index in [4.69, 9.17) is 33.9 Å². The van der Waals surface area contributed by atoms with Crippen LogP contribution in [0.3, 0.4) is 0 Å². The molecule has 2 aliphatic carbocycles. The molecule has 2 heterocycles. The second-order valence-electron chi connectivity index (χ2n) is 9.13. The number of aromatic nitrogens is 2. The van der Waals surface area contributed by atoms with Gasteiger partial charge in [0.25, 0.3) is 5.56 Å². The van der Waals surface area contributed by atoms with Crippen molar-refractivity contribution < 1.29 is 0 Å². The van der Waals surface area contributed by atoms with Crippen LogP contribution in [-0.4, -0.2) is 28.7 Å². The summed E-state index contributed by atoms with van der Waals surface area (Å²) in [5.41, 5.74) is 7.40. The number of hydrogen-bond donors (Lipinski definition) is 1. The van der Waals surface area contributed by atoms with Crippen LogP contribution in [0.15, 0.2) is 27.0 Å². The standard InChI is InChI=1S/C22H30Cl2N4O/c1-13-11-18(25)22(12-13)7-9-27(10-8-22)20-14(2)21(29)28(15(3)26-20)17-6-4-5-16(23)19(17)24/h4-5,13,17-18H,6-12,25H2,1-3H3/t13-,17?,18-/m1/s1. The smallest absolute Gasteiger partial charge is 0.259 e. The number of aryl methyl sites for hydroxylation is 1. The van der Waals surface area contributed by atoms with E-state index >= 15 is 0 Å². The van der Waals surface area contributed by atoms with Gasteiger partial charge in [-0.25, -0.2) is 4.98 Å². The van der Waals surface area contributed by atoms with Crippen molar-refractivity contribution in [1.29, 1.82) is 0 Å². The van der Waals surface area contributed by atoms with Gasteiger partial charge in [0.05, 0.1) is 21.7 Å². The monoisotopic (exact) mass is 436 g/mol. The molecule has 0 amide bonds. The van der Waals surface area contributed by atoms with E-state index in [1.165, 1.54) is 6.42 Å². The summed E-state index contributed by atoms with van der Waals surface area (Å²) in [5, 5.41) is 0.983. The maximum Gasteiger partial charge on any atom is 0.259 e. The number of halogens is 2. The number of piperidine rings is 1. The van der Waals surface area contributed by atoms with Crippen LogP contribution in [0.1, 0.15) is 56.5 Å². The molecule has 3 atom stereocenters. The van der Waals surface area contributed by atoms with Crippen LogP contribution in [0.25, 0.3) is 0 Å². The highest BCUT2D eigenvalue weighted by Gasteiger charge is 2.46. The van der Waals surface area contributed by atoms with Gasteiger partial charge in [0.1, 0.15) is 11.6 Å². The van der Waals surface area contributed by atoms with Gasteiger partial charge in [-0.05, 0) is 63.4 Å². The summed E-state index contributed by atoms with van der Waals surface area (Å²) in [6.45, 7) is 7.85. The predicted octanol–water partition coefficient (Wildman–Crippen LogP) is 4.39.